The standard InChI is InChI=1S/C17H39NSi2/c1-10-19(8,9)13-11-12-18-14-20(15(2)3,16(4)5)17(6)7/h10,15-18H,1,11-14H2,2-9H3. The molecule has 1 nitrogen and oxygen atoms in total. The highest BCUT2D eigenvalue weighted by atomic mass is 28.3. The van der Waals surface area contributed by atoms with Crippen LogP contribution in [0.1, 0.15) is 48.0 Å². The van der Waals surface area contributed by atoms with E-state index in [0.717, 1.165) is 16.6 Å². The number of nitrogens with one attached hydrogen (secondary N) is 1. The van der Waals surface area contributed by atoms with Crippen LogP contribution in [0.3, 0.4) is 0 Å². The number of rotatable bonds is 10. The Morgan fingerprint density at radius 2 is 1.40 bits per heavy atom. The fraction of sp³-hybridized carbons (Fsp3) is 0.882. The van der Waals surface area contributed by atoms with Gasteiger partial charge in [0.1, 0.15) is 0 Å². The van der Waals surface area contributed by atoms with Crippen molar-refractivity contribution in [3.8, 4) is 0 Å². The molecule has 0 atom stereocenters. The van der Waals surface area contributed by atoms with Gasteiger partial charge in [0.2, 0.25) is 0 Å². The van der Waals surface area contributed by atoms with Crippen LogP contribution in [0.25, 0.3) is 0 Å². The van der Waals surface area contributed by atoms with Gasteiger partial charge in [0.15, 0.2) is 0 Å². The van der Waals surface area contributed by atoms with Gasteiger partial charge in [0, 0.05) is 0 Å². The summed E-state index contributed by atoms with van der Waals surface area (Å²) in [6.07, 6.45) is 2.60. The molecule has 3 heteroatoms. The first-order chi connectivity index (χ1) is 9.10. The minimum absolute atomic E-state index is 0.856. The lowest BCUT2D eigenvalue weighted by Crippen LogP contribution is -2.53. The van der Waals surface area contributed by atoms with Crippen molar-refractivity contribution in [2.45, 2.75) is 83.7 Å². The summed E-state index contributed by atoms with van der Waals surface area (Å²) in [5.41, 5.74) is 4.79. The van der Waals surface area contributed by atoms with Gasteiger partial charge in [0.05, 0.1) is 16.1 Å². The van der Waals surface area contributed by atoms with Crippen LogP contribution in [0, 0.1) is 0 Å². The molecule has 0 aromatic rings. The zero-order chi connectivity index (χ0) is 16.0. The molecule has 0 bridgehead atoms. The van der Waals surface area contributed by atoms with E-state index < -0.39 is 16.1 Å². The lowest BCUT2D eigenvalue weighted by Gasteiger charge is -2.43. The molecule has 0 amide bonds. The third-order valence-corrected chi connectivity index (χ3v) is 15.4. The Labute approximate surface area is 130 Å². The van der Waals surface area contributed by atoms with E-state index in [2.05, 4.69) is 72.2 Å². The maximum atomic E-state index is 3.99. The summed E-state index contributed by atoms with van der Waals surface area (Å²) in [7, 11) is -2.36. The summed E-state index contributed by atoms with van der Waals surface area (Å²) >= 11 is 0. The highest BCUT2D eigenvalue weighted by Crippen LogP contribution is 2.40. The largest absolute Gasteiger partial charge is 0.319 e. The van der Waals surface area contributed by atoms with E-state index in [-0.39, 0.29) is 0 Å². The highest BCUT2D eigenvalue weighted by molar-refractivity contribution is 6.83. The van der Waals surface area contributed by atoms with Crippen LogP contribution in [0.5, 0.6) is 0 Å². The third kappa shape index (κ3) is 5.49. The molecule has 0 unspecified atom stereocenters. The van der Waals surface area contributed by atoms with Crippen molar-refractivity contribution in [3.05, 3.63) is 12.3 Å². The summed E-state index contributed by atoms with van der Waals surface area (Å²) in [5, 5.41) is 3.82. The average molecular weight is 314 g/mol. The Hall–Kier alpha value is 0.134. The van der Waals surface area contributed by atoms with Gasteiger partial charge >= 0.3 is 0 Å². The van der Waals surface area contributed by atoms with Gasteiger partial charge in [-0.25, -0.2) is 0 Å². The summed E-state index contributed by atoms with van der Waals surface area (Å²) in [6.45, 7) is 24.7. The monoisotopic (exact) mass is 313 g/mol. The predicted octanol–water partition coefficient (Wildman–Crippen LogP) is 5.62. The van der Waals surface area contributed by atoms with Crippen LogP contribution < -0.4 is 5.32 Å². The molecule has 0 aromatic heterocycles. The SMILES string of the molecule is C=C[Si](C)(C)CCCNC[Si](C(C)C)(C(C)C)C(C)C. The molecule has 0 radical (unpaired) electrons. The predicted molar refractivity (Wildman–Crippen MR) is 101 cm³/mol. The molecule has 1 N–H and O–H groups in total. The van der Waals surface area contributed by atoms with Gasteiger partial charge in [-0.15, -0.1) is 12.3 Å². The molecule has 0 aromatic carbocycles. The van der Waals surface area contributed by atoms with Crippen molar-refractivity contribution >= 4 is 16.1 Å². The molecule has 0 aliphatic heterocycles. The Balaban J connectivity index is 4.40. The molecule has 120 valence electrons. The first-order valence-electron chi connectivity index (χ1n) is 8.44. The van der Waals surface area contributed by atoms with Crippen molar-refractivity contribution in [2.75, 3.05) is 12.7 Å². The van der Waals surface area contributed by atoms with Crippen LogP contribution in [0.4, 0.5) is 0 Å². The minimum Gasteiger partial charge on any atom is -0.319 e. The molecule has 0 saturated heterocycles. The van der Waals surface area contributed by atoms with Gasteiger partial charge < -0.3 is 5.32 Å². The zero-order valence-electron chi connectivity index (χ0n) is 15.3. The summed E-state index contributed by atoms with van der Waals surface area (Å²) in [5.74, 6) is 0. The highest BCUT2D eigenvalue weighted by Gasteiger charge is 2.41. The van der Waals surface area contributed by atoms with Crippen LogP contribution in [-0.2, 0) is 0 Å². The fourth-order valence-electron chi connectivity index (χ4n) is 3.69. The van der Waals surface area contributed by atoms with Gasteiger partial charge in [-0.05, 0) is 35.8 Å². The number of hydrogen-bond donors (Lipinski definition) is 1. The molecule has 0 fully saturated rings. The van der Waals surface area contributed by atoms with Gasteiger partial charge in [-0.2, -0.15) is 0 Å². The first kappa shape index (κ1) is 20.1. The second-order valence-electron chi connectivity index (χ2n) is 8.05. The molecule has 0 aliphatic carbocycles. The van der Waals surface area contributed by atoms with Crippen LogP contribution in [0.2, 0.25) is 35.8 Å². The third-order valence-electron chi connectivity index (χ3n) is 5.38. The van der Waals surface area contributed by atoms with E-state index in [1.54, 1.807) is 0 Å². The Kier molecular flexibility index (Phi) is 8.60. The number of hydrogen-bond acceptors (Lipinski definition) is 1. The maximum Gasteiger partial charge on any atom is 0.0762 e. The van der Waals surface area contributed by atoms with Gasteiger partial charge in [0.25, 0.3) is 0 Å². The normalized spacial score (nSPS) is 13.6. The summed E-state index contributed by atoms with van der Waals surface area (Å²) < 4.78 is 0. The molecule has 0 spiro atoms. The van der Waals surface area contributed by atoms with E-state index in [1.165, 1.54) is 25.2 Å². The van der Waals surface area contributed by atoms with Crippen molar-refractivity contribution in [1.82, 2.24) is 5.32 Å². The van der Waals surface area contributed by atoms with Crippen molar-refractivity contribution in [1.29, 1.82) is 0 Å². The van der Waals surface area contributed by atoms with E-state index in [0.29, 0.717) is 0 Å². The Morgan fingerprint density at radius 3 is 1.75 bits per heavy atom. The molecule has 0 saturated carbocycles. The van der Waals surface area contributed by atoms with E-state index in [9.17, 15) is 0 Å². The Bertz CT molecular complexity index is 261. The van der Waals surface area contributed by atoms with Crippen molar-refractivity contribution in [3.63, 3.8) is 0 Å². The van der Waals surface area contributed by atoms with Gasteiger partial charge in [-0.3, -0.25) is 0 Å². The Morgan fingerprint density at radius 1 is 0.950 bits per heavy atom. The van der Waals surface area contributed by atoms with E-state index >= 15 is 0 Å². The van der Waals surface area contributed by atoms with E-state index in [4.69, 9.17) is 0 Å². The molecular weight excluding hydrogens is 274 g/mol. The van der Waals surface area contributed by atoms with Crippen molar-refractivity contribution < 1.29 is 0 Å². The smallest absolute Gasteiger partial charge is 0.0762 e. The topological polar surface area (TPSA) is 12.0 Å². The van der Waals surface area contributed by atoms with Crippen LogP contribution >= 0.6 is 0 Å². The lowest BCUT2D eigenvalue weighted by atomic mass is 10.5. The molecule has 0 heterocycles. The van der Waals surface area contributed by atoms with E-state index in [1.807, 2.05) is 0 Å². The second kappa shape index (κ2) is 8.55. The van der Waals surface area contributed by atoms with Crippen LogP contribution in [0.15, 0.2) is 12.3 Å². The quantitative estimate of drug-likeness (QED) is 0.408. The fourth-order valence-corrected chi connectivity index (χ4v) is 10.8. The lowest BCUT2D eigenvalue weighted by molar-refractivity contribution is 0.694. The molecular formula is C17H39NSi2. The minimum atomic E-state index is -1.25. The zero-order valence-corrected chi connectivity index (χ0v) is 17.3. The molecule has 20 heavy (non-hydrogen) atoms. The van der Waals surface area contributed by atoms with Crippen molar-refractivity contribution in [2.24, 2.45) is 0 Å². The first-order valence-corrected chi connectivity index (χ1v) is 14.2. The summed E-state index contributed by atoms with van der Waals surface area (Å²) in [4.78, 5) is 0. The second-order valence-corrected chi connectivity index (χ2v) is 19.0. The molecule has 0 aliphatic rings. The van der Waals surface area contributed by atoms with Crippen LogP contribution in [-0.4, -0.2) is 28.9 Å². The molecule has 0 rings (SSSR count). The maximum absolute atomic E-state index is 3.99. The average Bonchev–Trinajstić information content (AvgIpc) is 2.32. The summed E-state index contributed by atoms with van der Waals surface area (Å²) in [6, 6.07) is 1.36. The van der Waals surface area contributed by atoms with Gasteiger partial charge in [-0.1, -0.05) is 60.7 Å².